The van der Waals surface area contributed by atoms with Crippen molar-refractivity contribution in [3.05, 3.63) is 333 Å². The number of furan rings is 3. The van der Waals surface area contributed by atoms with Gasteiger partial charge in [0.15, 0.2) is 28.2 Å². The van der Waals surface area contributed by atoms with Gasteiger partial charge in [0.05, 0.1) is 58.0 Å². The molecule has 0 saturated carbocycles. The SMILES string of the molecule is CCCOC(=O)c1cc(-c2ccc(/C=C3\C(=O)N(CCCO)C(=O)C(C#N)=C3C)o2)ccc1Cl.Cc1ccc(/C=N/NC(=O)c2ccc(O)cc2)o1.O=C(N/N=C/c1cc(Br)c(O)c(Br)c1O)/C(=C\c1ccc2c(c1)OCO2)NC(=O)c1ccccc1.O=C(O)c1ccc2c(c1)C(=O)/C(=C\c1ccco1)C2=O.O=C1C(Cc2ccc(O)cc2)NC(=S)N1Cc1ccccc1. The number of nitrogens with zero attached hydrogens (tertiary/aromatic N) is 5. The number of aliphatic hydroxyl groups is 1. The molecule has 0 radical (unpaired) electrons. The molecule has 15 rings (SSSR count). The third-order valence-electron chi connectivity index (χ3n) is 19.0. The smallest absolute Gasteiger partial charge is 0.339 e. The summed E-state index contributed by atoms with van der Waals surface area (Å²) in [5.74, 6) is -1.92. The number of halogens is 3. The van der Waals surface area contributed by atoms with Crippen LogP contribution < -0.4 is 31.0 Å². The van der Waals surface area contributed by atoms with Crippen LogP contribution in [0.4, 0.5) is 0 Å². The minimum Gasteiger partial charge on any atom is -0.508 e. The normalized spacial score (nSPS) is 14.3. The van der Waals surface area contributed by atoms with Crippen molar-refractivity contribution in [3.8, 4) is 51.9 Å². The minimum absolute atomic E-state index is 0.00491. The van der Waals surface area contributed by atoms with Gasteiger partial charge in [-0.15, -0.1) is 0 Å². The lowest BCUT2D eigenvalue weighted by atomic mass is 9.94. The van der Waals surface area contributed by atoms with Crippen molar-refractivity contribution in [2.45, 2.75) is 52.6 Å². The number of nitrogens with one attached hydrogen (secondary N) is 4. The number of carbonyl (C=O) groups is 10. The summed E-state index contributed by atoms with van der Waals surface area (Å²) < 4.78 is 32.4. The van der Waals surface area contributed by atoms with Crippen molar-refractivity contribution in [2.75, 3.05) is 26.6 Å². The van der Waals surface area contributed by atoms with Crippen LogP contribution >= 0.6 is 55.7 Å². The van der Waals surface area contributed by atoms with Gasteiger partial charge in [0, 0.05) is 58.5 Å². The number of carboxylic acid groups (broad SMARTS) is 1. The maximum atomic E-state index is 12.9. The molecule has 129 heavy (non-hydrogen) atoms. The molecule has 6 amide bonds. The second kappa shape index (κ2) is 44.5. The number of aryl methyl sites for hydroxylation is 1. The number of hydrogen-bond donors (Lipinski definition) is 10. The number of imide groups is 1. The zero-order valence-electron chi connectivity index (χ0n) is 68.3. The van der Waals surface area contributed by atoms with Gasteiger partial charge < -0.3 is 68.7 Å². The predicted molar refractivity (Wildman–Crippen MR) is 483 cm³/mol. The largest absolute Gasteiger partial charge is 0.508 e. The van der Waals surface area contributed by atoms with Crippen molar-refractivity contribution in [1.82, 2.24) is 31.3 Å². The van der Waals surface area contributed by atoms with Crippen LogP contribution in [0.5, 0.6) is 34.5 Å². The highest BCUT2D eigenvalue weighted by Gasteiger charge is 2.38. The molecule has 0 spiro atoms. The third kappa shape index (κ3) is 24.6. The standard InChI is InChI=1S/C25H23ClN2O6.C24H17Br2N3O6.C17H16N2O2S.C15H8O5.C13H12N2O3/c1-3-11-33-25(32)19-12-16(5-7-21(19)26)22-8-6-17(34-22)13-18-15(2)20(14-27)24(31)28(23(18)30)9-4-10-29;25-16-10-15(21(30)20(26)22(16)31)11-27-29-24(33)17(28-23(32)14-4-2-1-3-5-14)8-13-6-7-18-19(9-13)35-12-34-18;20-14-8-6-12(7-9-14)10-15-16(21)19(17(22)18-15)11-13-4-2-1-3-5-13;16-13-10-4-3-8(15(18)19)6-11(10)14(17)12(13)7-9-2-1-5-20-9;1-9-2-7-12(18-9)8-14-15-13(17)10-3-5-11(16)6-4-10/h5-8,12-13,29H,3-4,9-11H2,1-2H3;1-11,30-31H,12H2,(H,28,32)(H,29,33);1-9,15,20H,10-11H2,(H,18,22);1-7H,(H,18,19);2-8,16H,1H3,(H,15,17)/b18-13-;17-8+,27-11+;;12-7-;14-8+. The molecule has 8 aromatic carbocycles. The number of ketones is 2. The quantitative estimate of drug-likeness (QED) is 0.00541. The molecule has 4 aliphatic rings. The van der Waals surface area contributed by atoms with E-state index in [9.17, 15) is 68.5 Å². The van der Waals surface area contributed by atoms with E-state index in [4.69, 9.17) is 66.6 Å². The number of carboxylic acids is 1. The molecule has 656 valence electrons. The average Bonchev–Trinajstić information content (AvgIpc) is 1.28. The van der Waals surface area contributed by atoms with Crippen LogP contribution in [0.3, 0.4) is 0 Å². The number of amides is 6. The fraction of sp³-hybridized carbons (Fsp3) is 0.128. The van der Waals surface area contributed by atoms with Crippen LogP contribution in [0.1, 0.15) is 134 Å². The number of ether oxygens (including phenoxy) is 3. The topological polar surface area (TPSA) is 462 Å². The number of rotatable bonds is 23. The molecular weight excluding hydrogens is 1830 g/mol. The van der Waals surface area contributed by atoms with Gasteiger partial charge in [-0.1, -0.05) is 85.3 Å². The third-order valence-corrected chi connectivity index (χ3v) is 21.0. The van der Waals surface area contributed by atoms with Gasteiger partial charge in [0.25, 0.3) is 35.4 Å². The number of benzene rings is 8. The molecule has 3 aliphatic heterocycles. The van der Waals surface area contributed by atoms with Crippen LogP contribution in [-0.4, -0.2) is 150 Å². The van der Waals surface area contributed by atoms with Crippen molar-refractivity contribution in [3.63, 3.8) is 0 Å². The number of aromatic hydroxyl groups is 4. The number of Topliss-reactive ketones (excluding diaryl/α,β-unsaturated/α-hetero) is 2. The highest BCUT2D eigenvalue weighted by molar-refractivity contribution is 9.11. The first-order valence-electron chi connectivity index (χ1n) is 38.9. The zero-order valence-corrected chi connectivity index (χ0v) is 73.1. The van der Waals surface area contributed by atoms with Gasteiger partial charge in [0.2, 0.25) is 6.79 Å². The second-order valence-corrected chi connectivity index (χ2v) is 30.4. The van der Waals surface area contributed by atoms with Crippen molar-refractivity contribution >= 4 is 150 Å². The van der Waals surface area contributed by atoms with E-state index < -0.39 is 47.1 Å². The number of allylic oxidation sites excluding steroid dienone is 1. The van der Waals surface area contributed by atoms with E-state index in [0.717, 1.165) is 21.8 Å². The van der Waals surface area contributed by atoms with E-state index in [0.29, 0.717) is 85.8 Å². The molecule has 3 aromatic heterocycles. The summed E-state index contributed by atoms with van der Waals surface area (Å²) in [6.07, 6.45) is 9.78. The lowest BCUT2D eigenvalue weighted by Gasteiger charge is -2.27. The summed E-state index contributed by atoms with van der Waals surface area (Å²) >= 11 is 17.7. The van der Waals surface area contributed by atoms with E-state index in [1.165, 1.54) is 92.4 Å². The first kappa shape index (κ1) is 94.3. The van der Waals surface area contributed by atoms with Crippen LogP contribution in [0.25, 0.3) is 29.6 Å². The van der Waals surface area contributed by atoms with Gasteiger partial charge in [-0.05, 0) is 251 Å². The summed E-state index contributed by atoms with van der Waals surface area (Å²) in [6, 6.07) is 57.9. The fourth-order valence-electron chi connectivity index (χ4n) is 12.4. The maximum Gasteiger partial charge on any atom is 0.339 e. The van der Waals surface area contributed by atoms with Gasteiger partial charge in [-0.25, -0.2) is 20.4 Å². The van der Waals surface area contributed by atoms with Gasteiger partial charge in [-0.3, -0.25) is 48.2 Å². The Balaban J connectivity index is 0.000000160. The van der Waals surface area contributed by atoms with Crippen LogP contribution in [0, 0.1) is 18.3 Å². The number of thiocarbonyl (C=S) groups is 1. The number of aliphatic hydroxyl groups excluding tert-OH is 1. The molecule has 31 nitrogen and oxygen atoms in total. The fourth-order valence-corrected chi connectivity index (χ4v) is 14.0. The number of hydrazone groups is 2. The molecule has 1 fully saturated rings. The summed E-state index contributed by atoms with van der Waals surface area (Å²) in [7, 11) is 0. The molecule has 35 heteroatoms. The Morgan fingerprint density at radius 1 is 0.667 bits per heavy atom. The Hall–Kier alpha value is -15.4. The number of hydrogen-bond acceptors (Lipinski definition) is 25. The van der Waals surface area contributed by atoms with E-state index in [-0.39, 0.29) is 139 Å². The van der Waals surface area contributed by atoms with Gasteiger partial charge in [-0.2, -0.15) is 15.5 Å². The van der Waals surface area contributed by atoms with E-state index in [2.05, 4.69) is 63.5 Å². The van der Waals surface area contributed by atoms with E-state index in [1.54, 1.807) is 114 Å². The number of phenols is 4. The predicted octanol–water partition coefficient (Wildman–Crippen LogP) is 15.1. The number of carbonyl (C=O) groups excluding carboxylic acids is 9. The Morgan fingerprint density at radius 2 is 1.33 bits per heavy atom. The maximum absolute atomic E-state index is 12.9. The van der Waals surface area contributed by atoms with Gasteiger partial charge in [0.1, 0.15) is 79.7 Å². The Kier molecular flexibility index (Phi) is 32.5. The highest BCUT2D eigenvalue weighted by Crippen LogP contribution is 2.41. The van der Waals surface area contributed by atoms with Crippen LogP contribution in [-0.2, 0) is 36.9 Å². The molecule has 1 saturated heterocycles. The molecule has 1 atom stereocenters. The van der Waals surface area contributed by atoms with Gasteiger partial charge >= 0.3 is 11.9 Å². The lowest BCUT2D eigenvalue weighted by Crippen LogP contribution is -2.43. The first-order chi connectivity index (χ1) is 62.0. The van der Waals surface area contributed by atoms with Crippen molar-refractivity contribution in [2.24, 2.45) is 10.2 Å². The van der Waals surface area contributed by atoms with E-state index >= 15 is 0 Å². The Bertz CT molecular complexity index is 6360. The molecule has 1 unspecified atom stereocenters. The minimum atomic E-state index is -1.14. The van der Waals surface area contributed by atoms with Crippen molar-refractivity contribution in [1.29, 1.82) is 5.26 Å². The molecule has 10 N–H and O–H groups in total. The number of nitriles is 1. The lowest BCUT2D eigenvalue weighted by molar-refractivity contribution is -0.140. The molecular formula is C94H76Br2ClN9O22S. The summed E-state index contributed by atoms with van der Waals surface area (Å²) in [4.78, 5) is 125. The van der Waals surface area contributed by atoms with Crippen LogP contribution in [0.15, 0.2) is 273 Å². The Labute approximate surface area is 762 Å². The van der Waals surface area contributed by atoms with Crippen molar-refractivity contribution < 1.29 is 106 Å². The van der Waals surface area contributed by atoms with E-state index in [1.807, 2.05) is 68.4 Å². The Morgan fingerprint density at radius 3 is 2.01 bits per heavy atom. The number of phenolic OH excluding ortho intramolecular Hbond substituents is 4. The monoisotopic (exact) mass is 1910 g/mol. The zero-order chi connectivity index (χ0) is 92.5. The first-order valence-corrected chi connectivity index (χ1v) is 41.3. The number of aromatic carboxylic acids is 1. The second-order valence-electron chi connectivity index (χ2n) is 28.0. The number of fused-ring (bicyclic) bond motifs is 2. The molecule has 6 heterocycles. The molecule has 0 bridgehead atoms. The summed E-state index contributed by atoms with van der Waals surface area (Å²) in [5.41, 5.74) is 9.58. The summed E-state index contributed by atoms with van der Waals surface area (Å²) in [5, 5.41) is 79.9. The van der Waals surface area contributed by atoms with Crippen LogP contribution in [0.2, 0.25) is 5.02 Å². The summed E-state index contributed by atoms with van der Waals surface area (Å²) in [6.45, 7) is 5.91. The molecule has 1 aliphatic carbocycles. The molecule has 11 aromatic rings. The number of esters is 1. The highest BCUT2D eigenvalue weighted by atomic mass is 79.9. The average molecular weight is 1910 g/mol.